The number of urea groups is 1. The van der Waals surface area contributed by atoms with Crippen molar-refractivity contribution >= 4 is 18.4 Å². The van der Waals surface area contributed by atoms with Crippen molar-refractivity contribution in [3.05, 3.63) is 65.7 Å². The molecule has 0 aromatic heterocycles. The van der Waals surface area contributed by atoms with Gasteiger partial charge in [0.1, 0.15) is 0 Å². The topological polar surface area (TPSA) is 48.4 Å². The normalized spacial score (nSPS) is 27.1. The molecular weight excluding hydrogens is 460 g/mol. The molecule has 1 saturated heterocycles. The van der Waals surface area contributed by atoms with E-state index in [2.05, 4.69) is 78.1 Å². The van der Waals surface area contributed by atoms with Crippen LogP contribution >= 0.6 is 0 Å². The van der Waals surface area contributed by atoms with E-state index in [0.717, 1.165) is 69.3 Å². The largest absolute Gasteiger partial charge is 0.378 e. The van der Waals surface area contributed by atoms with Crippen LogP contribution in [0.1, 0.15) is 62.5 Å². The molecule has 0 bridgehead atoms. The predicted molar refractivity (Wildman–Crippen MR) is 150 cm³/mol. The summed E-state index contributed by atoms with van der Waals surface area (Å²) in [4.78, 5) is 24.9. The lowest BCUT2D eigenvalue weighted by atomic mass is 9.68. The van der Waals surface area contributed by atoms with Crippen LogP contribution in [0.25, 0.3) is 0 Å². The third-order valence-electron chi connectivity index (χ3n) is 9.72. The Morgan fingerprint density at radius 3 is 2.24 bits per heavy atom. The van der Waals surface area contributed by atoms with Gasteiger partial charge in [0.2, 0.25) is 0 Å². The molecule has 0 atom stereocenters. The maximum Gasteiger partial charge on any atom is 0.325 e. The summed E-state index contributed by atoms with van der Waals surface area (Å²) in [6.45, 7) is 5.67. The fourth-order valence-electron chi connectivity index (χ4n) is 7.09. The van der Waals surface area contributed by atoms with Crippen LogP contribution in [0, 0.1) is 0 Å². The van der Waals surface area contributed by atoms with E-state index in [9.17, 15) is 4.79 Å². The molecule has 2 amide bonds. The zero-order valence-corrected chi connectivity index (χ0v) is 22.8. The smallest absolute Gasteiger partial charge is 0.325 e. The highest BCUT2D eigenvalue weighted by Crippen LogP contribution is 2.50. The molecule has 1 heterocycles. The molecule has 1 spiro atoms. The number of ether oxygens (including phenoxy) is 1. The second kappa shape index (κ2) is 10.2. The predicted octanol–water partition coefficient (Wildman–Crippen LogP) is 5.86. The minimum absolute atomic E-state index is 0.0129. The number of aliphatic imine (C=N–C) groups is 1. The van der Waals surface area contributed by atoms with Crippen molar-refractivity contribution in [3.8, 4) is 0 Å². The van der Waals surface area contributed by atoms with Gasteiger partial charge in [-0.1, -0.05) is 48.5 Å². The molecule has 6 heteroatoms. The monoisotopic (exact) mass is 502 g/mol. The van der Waals surface area contributed by atoms with Crippen molar-refractivity contribution in [1.29, 1.82) is 0 Å². The minimum Gasteiger partial charge on any atom is -0.378 e. The molecule has 0 unspecified atom stereocenters. The van der Waals surface area contributed by atoms with Crippen LogP contribution in [-0.2, 0) is 16.8 Å². The molecule has 37 heavy (non-hydrogen) atoms. The first-order valence-electron chi connectivity index (χ1n) is 13.8. The van der Waals surface area contributed by atoms with Crippen LogP contribution in [0.4, 0.5) is 10.5 Å². The zero-order chi connectivity index (χ0) is 26.1. The highest BCUT2D eigenvalue weighted by atomic mass is 16.5. The van der Waals surface area contributed by atoms with Crippen molar-refractivity contribution < 1.29 is 9.53 Å². The van der Waals surface area contributed by atoms with E-state index >= 15 is 0 Å². The Kier molecular flexibility index (Phi) is 7.16. The van der Waals surface area contributed by atoms with E-state index in [1.54, 1.807) is 0 Å². The van der Waals surface area contributed by atoms with E-state index in [4.69, 9.17) is 4.74 Å². The van der Waals surface area contributed by atoms with E-state index < -0.39 is 0 Å². The van der Waals surface area contributed by atoms with Gasteiger partial charge in [0.15, 0.2) is 0 Å². The van der Waals surface area contributed by atoms with E-state index in [-0.39, 0.29) is 22.7 Å². The maximum absolute atomic E-state index is 14.2. The SMILES string of the molecule is C=NCc1ccccc1N1CC2(CCC(c3ccccc3)(N(C)C)CC2)N(CCC2(OC)CCC2)C1=O. The molecule has 6 nitrogen and oxygen atoms in total. The third-order valence-corrected chi connectivity index (χ3v) is 9.72. The number of methoxy groups -OCH3 is 1. The number of anilines is 1. The number of hydrogen-bond acceptors (Lipinski definition) is 4. The van der Waals surface area contributed by atoms with Gasteiger partial charge in [-0.15, -0.1) is 0 Å². The molecule has 5 rings (SSSR count). The Hall–Kier alpha value is -2.70. The first kappa shape index (κ1) is 25.9. The highest BCUT2D eigenvalue weighted by Gasteiger charge is 2.55. The Bertz CT molecular complexity index is 1100. The summed E-state index contributed by atoms with van der Waals surface area (Å²) in [5.74, 6) is 0. The molecule has 2 saturated carbocycles. The summed E-state index contributed by atoms with van der Waals surface area (Å²) < 4.78 is 5.95. The van der Waals surface area contributed by atoms with E-state index in [1.165, 1.54) is 12.0 Å². The molecule has 0 N–H and O–H groups in total. The van der Waals surface area contributed by atoms with Gasteiger partial charge in [-0.05, 0) is 89.4 Å². The molecular formula is C31H42N4O2. The molecule has 2 aromatic rings. The minimum atomic E-state index is -0.182. The van der Waals surface area contributed by atoms with Crippen molar-refractivity contribution in [1.82, 2.24) is 9.80 Å². The highest BCUT2D eigenvalue weighted by molar-refractivity contribution is 5.96. The second-order valence-corrected chi connectivity index (χ2v) is 11.5. The lowest BCUT2D eigenvalue weighted by Crippen LogP contribution is -2.56. The molecule has 1 aliphatic heterocycles. The molecule has 2 aliphatic carbocycles. The van der Waals surface area contributed by atoms with Gasteiger partial charge in [-0.2, -0.15) is 0 Å². The number of nitrogens with zero attached hydrogens (tertiary/aromatic N) is 4. The Labute approximate surface area is 222 Å². The number of carbonyl (C=O) groups is 1. The van der Waals surface area contributed by atoms with E-state index in [0.29, 0.717) is 6.54 Å². The first-order valence-corrected chi connectivity index (χ1v) is 13.8. The van der Waals surface area contributed by atoms with Crippen LogP contribution < -0.4 is 4.90 Å². The van der Waals surface area contributed by atoms with Crippen molar-refractivity contribution in [2.45, 2.75) is 74.6 Å². The average molecular weight is 503 g/mol. The quantitative estimate of drug-likeness (QED) is 0.404. The summed E-state index contributed by atoms with van der Waals surface area (Å²) in [6, 6.07) is 19.2. The third kappa shape index (κ3) is 4.48. The number of amides is 2. The van der Waals surface area contributed by atoms with E-state index in [1.807, 2.05) is 24.1 Å². The summed E-state index contributed by atoms with van der Waals surface area (Å²) in [6.07, 6.45) is 8.29. The molecule has 3 fully saturated rings. The zero-order valence-electron chi connectivity index (χ0n) is 22.8. The number of benzene rings is 2. The van der Waals surface area contributed by atoms with Crippen LogP contribution in [0.5, 0.6) is 0 Å². The molecule has 0 radical (unpaired) electrons. The summed E-state index contributed by atoms with van der Waals surface area (Å²) in [5.41, 5.74) is 3.14. The lowest BCUT2D eigenvalue weighted by molar-refractivity contribution is -0.0844. The number of hydrogen-bond donors (Lipinski definition) is 0. The Balaban J connectivity index is 1.46. The van der Waals surface area contributed by atoms with Crippen molar-refractivity contribution in [3.63, 3.8) is 0 Å². The van der Waals surface area contributed by atoms with Gasteiger partial charge in [-0.25, -0.2) is 4.79 Å². The van der Waals surface area contributed by atoms with Gasteiger partial charge >= 0.3 is 6.03 Å². The van der Waals surface area contributed by atoms with Crippen LogP contribution in [0.3, 0.4) is 0 Å². The summed E-state index contributed by atoms with van der Waals surface area (Å²) in [5, 5.41) is 0. The van der Waals surface area contributed by atoms with Crippen LogP contribution in [0.15, 0.2) is 59.6 Å². The average Bonchev–Trinajstić information content (AvgIpc) is 3.16. The number of para-hydroxylation sites is 1. The van der Waals surface area contributed by atoms with Crippen molar-refractivity contribution in [2.24, 2.45) is 4.99 Å². The molecule has 3 aliphatic rings. The molecule has 2 aromatic carbocycles. The van der Waals surface area contributed by atoms with Gasteiger partial charge in [-0.3, -0.25) is 14.8 Å². The Morgan fingerprint density at radius 1 is 0.973 bits per heavy atom. The first-order chi connectivity index (χ1) is 17.9. The Morgan fingerprint density at radius 2 is 1.65 bits per heavy atom. The van der Waals surface area contributed by atoms with Crippen LogP contribution in [0.2, 0.25) is 0 Å². The number of rotatable bonds is 9. The lowest BCUT2D eigenvalue weighted by Gasteiger charge is -2.51. The van der Waals surface area contributed by atoms with Gasteiger partial charge in [0, 0.05) is 19.2 Å². The van der Waals surface area contributed by atoms with Gasteiger partial charge < -0.3 is 9.64 Å². The fourth-order valence-corrected chi connectivity index (χ4v) is 7.09. The standard InChI is InChI=1S/C31H42N4O2/c1-32-23-25-11-8-9-14-27(25)34-24-29(35(28(34)36)22-21-30(37-4)15-10-16-30)17-19-31(20-18-29,33(2)3)26-12-6-5-7-13-26/h5-9,11-14H,1,10,15-24H2,2-4H3. The second-order valence-electron chi connectivity index (χ2n) is 11.5. The van der Waals surface area contributed by atoms with Gasteiger partial charge in [0.25, 0.3) is 0 Å². The fraction of sp³-hybridized carbons (Fsp3) is 0.548. The summed E-state index contributed by atoms with van der Waals surface area (Å²) in [7, 11) is 6.23. The maximum atomic E-state index is 14.2. The summed E-state index contributed by atoms with van der Waals surface area (Å²) >= 11 is 0. The molecule has 198 valence electrons. The van der Waals surface area contributed by atoms with Gasteiger partial charge in [0.05, 0.1) is 29.9 Å². The number of carbonyl (C=O) groups excluding carboxylic acids is 1. The van der Waals surface area contributed by atoms with Crippen LogP contribution in [-0.4, -0.2) is 68.0 Å². The van der Waals surface area contributed by atoms with Crippen molar-refractivity contribution in [2.75, 3.05) is 39.2 Å².